The maximum absolute atomic E-state index is 9.80. The molecular formula is C23H27BrN4O2S. The number of fused-ring (bicyclic) bond motifs is 1. The standard InChI is InChI=1S/C23H27BrN4O2S/c24-19-13-20-21(25-22(19)27-11-8-17(29)9-12-27)26-23(31-20)28-10-4-7-18(14-28)30-15-16-5-2-1-3-6-16/h1-3,5-6,13,17-18,29H,4,7-12,14-15H2. The van der Waals surface area contributed by atoms with Gasteiger partial charge in [0.1, 0.15) is 5.82 Å². The van der Waals surface area contributed by atoms with Gasteiger partial charge in [0.15, 0.2) is 10.8 Å². The van der Waals surface area contributed by atoms with Crippen LogP contribution in [0.1, 0.15) is 31.2 Å². The van der Waals surface area contributed by atoms with Crippen molar-refractivity contribution in [1.82, 2.24) is 9.97 Å². The molecule has 2 aliphatic heterocycles. The van der Waals surface area contributed by atoms with Gasteiger partial charge in [-0.05, 0) is 53.2 Å². The number of benzene rings is 1. The van der Waals surface area contributed by atoms with Gasteiger partial charge in [-0.1, -0.05) is 41.7 Å². The highest BCUT2D eigenvalue weighted by atomic mass is 79.9. The van der Waals surface area contributed by atoms with E-state index in [1.165, 1.54) is 5.56 Å². The van der Waals surface area contributed by atoms with E-state index in [1.54, 1.807) is 11.3 Å². The minimum absolute atomic E-state index is 0.194. The number of halogens is 1. The van der Waals surface area contributed by atoms with Gasteiger partial charge in [-0.25, -0.2) is 4.98 Å². The molecule has 3 aromatic rings. The molecule has 31 heavy (non-hydrogen) atoms. The van der Waals surface area contributed by atoms with Crippen LogP contribution in [0.5, 0.6) is 0 Å². The second-order valence-corrected chi connectivity index (χ2v) is 10.2. The summed E-state index contributed by atoms with van der Waals surface area (Å²) < 4.78 is 8.29. The second kappa shape index (κ2) is 9.40. The summed E-state index contributed by atoms with van der Waals surface area (Å²) in [6.07, 6.45) is 3.78. The average molecular weight is 503 g/mol. The quantitative estimate of drug-likeness (QED) is 0.549. The van der Waals surface area contributed by atoms with Gasteiger partial charge >= 0.3 is 0 Å². The lowest BCUT2D eigenvalue weighted by Gasteiger charge is -2.32. The number of aliphatic hydroxyl groups excluding tert-OH is 1. The third-order valence-corrected chi connectivity index (χ3v) is 7.68. The van der Waals surface area contributed by atoms with Crippen LogP contribution < -0.4 is 9.80 Å². The van der Waals surface area contributed by atoms with E-state index in [0.29, 0.717) is 6.61 Å². The number of rotatable bonds is 5. The predicted molar refractivity (Wildman–Crippen MR) is 129 cm³/mol. The highest BCUT2D eigenvalue weighted by Gasteiger charge is 2.25. The van der Waals surface area contributed by atoms with Gasteiger partial charge in [-0.2, -0.15) is 4.98 Å². The summed E-state index contributed by atoms with van der Waals surface area (Å²) in [5.74, 6) is 0.930. The Morgan fingerprint density at radius 1 is 1.06 bits per heavy atom. The van der Waals surface area contributed by atoms with Crippen molar-refractivity contribution >= 4 is 48.6 Å². The maximum atomic E-state index is 9.80. The molecule has 0 aliphatic carbocycles. The third kappa shape index (κ3) is 4.87. The lowest BCUT2D eigenvalue weighted by Crippen LogP contribution is -2.39. The van der Waals surface area contributed by atoms with E-state index in [2.05, 4.69) is 56.1 Å². The Bertz CT molecular complexity index is 1020. The van der Waals surface area contributed by atoms with Crippen molar-refractivity contribution in [2.24, 2.45) is 0 Å². The summed E-state index contributed by atoms with van der Waals surface area (Å²) in [6, 6.07) is 12.5. The first kappa shape index (κ1) is 21.1. The summed E-state index contributed by atoms with van der Waals surface area (Å²) >= 11 is 5.40. The Kier molecular flexibility index (Phi) is 6.41. The molecule has 2 saturated heterocycles. The normalized spacial score (nSPS) is 20.5. The molecule has 4 heterocycles. The monoisotopic (exact) mass is 502 g/mol. The molecule has 2 fully saturated rings. The molecule has 0 saturated carbocycles. The molecule has 5 rings (SSSR count). The number of pyridine rings is 1. The summed E-state index contributed by atoms with van der Waals surface area (Å²) in [5, 5.41) is 10.8. The average Bonchev–Trinajstić information content (AvgIpc) is 3.22. The number of ether oxygens (including phenoxy) is 1. The van der Waals surface area contributed by atoms with E-state index in [9.17, 15) is 5.11 Å². The Balaban J connectivity index is 1.29. The maximum Gasteiger partial charge on any atom is 0.188 e. The lowest BCUT2D eigenvalue weighted by molar-refractivity contribution is 0.0316. The Morgan fingerprint density at radius 2 is 1.87 bits per heavy atom. The largest absolute Gasteiger partial charge is 0.393 e. The molecule has 2 aromatic heterocycles. The smallest absolute Gasteiger partial charge is 0.188 e. The van der Waals surface area contributed by atoms with E-state index in [1.807, 2.05) is 6.07 Å². The number of aliphatic hydroxyl groups is 1. The van der Waals surface area contributed by atoms with Crippen LogP contribution in [0.15, 0.2) is 40.9 Å². The van der Waals surface area contributed by atoms with Crippen molar-refractivity contribution < 1.29 is 9.84 Å². The first-order valence-corrected chi connectivity index (χ1v) is 12.6. The first-order chi connectivity index (χ1) is 15.2. The van der Waals surface area contributed by atoms with Crippen LogP contribution in [-0.2, 0) is 11.3 Å². The number of piperidine rings is 2. The fourth-order valence-corrected chi connectivity index (χ4v) is 5.99. The molecule has 1 aromatic carbocycles. The lowest BCUT2D eigenvalue weighted by atomic mass is 10.1. The van der Waals surface area contributed by atoms with Crippen molar-refractivity contribution in [1.29, 1.82) is 0 Å². The molecule has 1 unspecified atom stereocenters. The van der Waals surface area contributed by atoms with E-state index in [-0.39, 0.29) is 12.2 Å². The van der Waals surface area contributed by atoms with Crippen LogP contribution in [0, 0.1) is 0 Å². The molecule has 164 valence electrons. The molecule has 6 nitrogen and oxygen atoms in total. The fraction of sp³-hybridized carbons (Fsp3) is 0.478. The molecule has 0 amide bonds. The van der Waals surface area contributed by atoms with Crippen LogP contribution in [0.25, 0.3) is 10.3 Å². The molecule has 1 N–H and O–H groups in total. The molecule has 1 atom stereocenters. The number of hydrogen-bond acceptors (Lipinski definition) is 7. The number of nitrogens with zero attached hydrogens (tertiary/aromatic N) is 4. The predicted octanol–water partition coefficient (Wildman–Crippen LogP) is 4.60. The zero-order valence-electron chi connectivity index (χ0n) is 17.4. The van der Waals surface area contributed by atoms with Crippen LogP contribution in [-0.4, -0.2) is 53.5 Å². The zero-order chi connectivity index (χ0) is 21.2. The molecule has 0 bridgehead atoms. The van der Waals surface area contributed by atoms with Gasteiger partial charge < -0.3 is 19.6 Å². The minimum atomic E-state index is -0.194. The van der Waals surface area contributed by atoms with Gasteiger partial charge in [0.2, 0.25) is 0 Å². The van der Waals surface area contributed by atoms with Gasteiger partial charge in [0, 0.05) is 26.2 Å². The Hall–Kier alpha value is -1.74. The molecular weight excluding hydrogens is 476 g/mol. The molecule has 8 heteroatoms. The number of thiazole rings is 1. The van der Waals surface area contributed by atoms with Crippen LogP contribution in [0.2, 0.25) is 0 Å². The Labute approximate surface area is 195 Å². The fourth-order valence-electron chi connectivity index (χ4n) is 4.29. The van der Waals surface area contributed by atoms with Gasteiger partial charge in [-0.3, -0.25) is 0 Å². The summed E-state index contributed by atoms with van der Waals surface area (Å²) in [4.78, 5) is 14.3. The second-order valence-electron chi connectivity index (χ2n) is 8.34. The summed E-state index contributed by atoms with van der Waals surface area (Å²) in [6.45, 7) is 4.17. The van der Waals surface area contributed by atoms with Crippen LogP contribution >= 0.6 is 27.3 Å². The van der Waals surface area contributed by atoms with Gasteiger partial charge in [0.25, 0.3) is 0 Å². The summed E-state index contributed by atoms with van der Waals surface area (Å²) in [7, 11) is 0. The van der Waals surface area contributed by atoms with Crippen molar-refractivity contribution in [2.75, 3.05) is 36.0 Å². The van der Waals surface area contributed by atoms with E-state index in [4.69, 9.17) is 14.7 Å². The zero-order valence-corrected chi connectivity index (χ0v) is 19.8. The van der Waals surface area contributed by atoms with Crippen molar-refractivity contribution in [3.05, 3.63) is 46.4 Å². The SMILES string of the molecule is OC1CCN(c2nc3nc(N4CCCC(OCc5ccccc5)C4)sc3cc2Br)CC1. The van der Waals surface area contributed by atoms with Gasteiger partial charge in [-0.15, -0.1) is 0 Å². The molecule has 0 spiro atoms. The van der Waals surface area contributed by atoms with Crippen molar-refractivity contribution in [3.63, 3.8) is 0 Å². The topological polar surface area (TPSA) is 61.7 Å². The molecule has 0 radical (unpaired) electrons. The highest BCUT2D eigenvalue weighted by molar-refractivity contribution is 9.10. The molecule has 2 aliphatic rings. The van der Waals surface area contributed by atoms with Crippen LogP contribution in [0.4, 0.5) is 10.9 Å². The van der Waals surface area contributed by atoms with E-state index >= 15 is 0 Å². The number of anilines is 2. The van der Waals surface area contributed by atoms with Crippen LogP contribution in [0.3, 0.4) is 0 Å². The van der Waals surface area contributed by atoms with E-state index in [0.717, 1.165) is 77.6 Å². The highest BCUT2D eigenvalue weighted by Crippen LogP contribution is 2.36. The van der Waals surface area contributed by atoms with E-state index < -0.39 is 0 Å². The van der Waals surface area contributed by atoms with Crippen molar-refractivity contribution in [3.8, 4) is 0 Å². The summed E-state index contributed by atoms with van der Waals surface area (Å²) in [5.41, 5.74) is 2.02. The first-order valence-electron chi connectivity index (χ1n) is 11.0. The third-order valence-electron chi connectivity index (χ3n) is 6.05. The van der Waals surface area contributed by atoms with Gasteiger partial charge in [0.05, 0.1) is 28.0 Å². The minimum Gasteiger partial charge on any atom is -0.393 e. The Morgan fingerprint density at radius 3 is 2.68 bits per heavy atom. The van der Waals surface area contributed by atoms with Crippen molar-refractivity contribution in [2.45, 2.75) is 44.5 Å². The number of hydrogen-bond donors (Lipinski definition) is 1. The number of aromatic nitrogens is 2.